The summed E-state index contributed by atoms with van der Waals surface area (Å²) in [6.45, 7) is 1.79. The van der Waals surface area contributed by atoms with Gasteiger partial charge in [0.1, 0.15) is 18.1 Å². The lowest BCUT2D eigenvalue weighted by atomic mass is 10.0. The Kier molecular flexibility index (Phi) is 12.2. The molecule has 12 nitrogen and oxygen atoms in total. The van der Waals surface area contributed by atoms with Gasteiger partial charge in [-0.25, -0.2) is 4.79 Å². The summed E-state index contributed by atoms with van der Waals surface area (Å²) in [5.41, 5.74) is 11.7. The number of amides is 3. The van der Waals surface area contributed by atoms with Crippen LogP contribution in [0.2, 0.25) is 0 Å². The van der Waals surface area contributed by atoms with Gasteiger partial charge in [-0.2, -0.15) is 0 Å². The van der Waals surface area contributed by atoms with Gasteiger partial charge in [-0.1, -0.05) is 30.3 Å². The van der Waals surface area contributed by atoms with Gasteiger partial charge in [0, 0.05) is 6.42 Å². The standard InChI is InChI=1S/C22H33N5O7/c1-13(24)19(30)26-16(11-14-7-3-2-4-8-14)20(31)27-17(12-18(28)29)21(32)25-15(22(33)34)9-5-6-10-23/h2-4,7-8,13,15-17H,5-6,9-12,23-24H2,1H3,(H,25,32)(H,26,30)(H,27,31)(H,28,29)(H,33,34). The summed E-state index contributed by atoms with van der Waals surface area (Å²) in [5, 5.41) is 25.7. The third kappa shape index (κ3) is 10.4. The van der Waals surface area contributed by atoms with Crippen LogP contribution >= 0.6 is 0 Å². The van der Waals surface area contributed by atoms with Gasteiger partial charge < -0.3 is 37.6 Å². The van der Waals surface area contributed by atoms with Crippen LogP contribution in [0.5, 0.6) is 0 Å². The first-order chi connectivity index (χ1) is 16.0. The van der Waals surface area contributed by atoms with Crippen molar-refractivity contribution in [2.45, 2.75) is 63.2 Å². The minimum atomic E-state index is -1.56. The van der Waals surface area contributed by atoms with Gasteiger partial charge in [0.2, 0.25) is 17.7 Å². The van der Waals surface area contributed by atoms with E-state index in [4.69, 9.17) is 11.5 Å². The monoisotopic (exact) mass is 479 g/mol. The molecule has 0 spiro atoms. The average molecular weight is 480 g/mol. The van der Waals surface area contributed by atoms with Crippen molar-refractivity contribution in [1.29, 1.82) is 0 Å². The number of aliphatic carboxylic acids is 2. The van der Waals surface area contributed by atoms with Crippen molar-refractivity contribution in [3.05, 3.63) is 35.9 Å². The highest BCUT2D eigenvalue weighted by atomic mass is 16.4. The number of nitrogens with one attached hydrogen (secondary N) is 3. The molecule has 3 amide bonds. The molecule has 0 aliphatic heterocycles. The normalized spacial score (nSPS) is 14.2. The highest BCUT2D eigenvalue weighted by molar-refractivity contribution is 5.95. The smallest absolute Gasteiger partial charge is 0.326 e. The second-order valence-electron chi connectivity index (χ2n) is 7.88. The van der Waals surface area contributed by atoms with Gasteiger partial charge in [0.15, 0.2) is 0 Å². The number of nitrogens with two attached hydrogens (primary N) is 2. The number of hydrogen-bond acceptors (Lipinski definition) is 7. The molecule has 0 saturated carbocycles. The van der Waals surface area contributed by atoms with Crippen LogP contribution in [0.4, 0.5) is 0 Å². The van der Waals surface area contributed by atoms with Crippen LogP contribution in [0.25, 0.3) is 0 Å². The lowest BCUT2D eigenvalue weighted by molar-refractivity contribution is -0.143. The molecule has 0 heterocycles. The van der Waals surface area contributed by atoms with E-state index in [0.717, 1.165) is 0 Å². The van der Waals surface area contributed by atoms with Crippen molar-refractivity contribution >= 4 is 29.7 Å². The Morgan fingerprint density at radius 1 is 0.853 bits per heavy atom. The predicted molar refractivity (Wildman–Crippen MR) is 122 cm³/mol. The Hall–Kier alpha value is -3.51. The molecule has 0 aliphatic rings. The quantitative estimate of drug-likeness (QED) is 0.149. The third-order valence-corrected chi connectivity index (χ3v) is 4.90. The van der Waals surface area contributed by atoms with E-state index in [9.17, 15) is 34.2 Å². The minimum absolute atomic E-state index is 0.0589. The fourth-order valence-corrected chi connectivity index (χ4v) is 3.04. The van der Waals surface area contributed by atoms with Gasteiger partial charge in [-0.3, -0.25) is 19.2 Å². The van der Waals surface area contributed by atoms with Gasteiger partial charge in [0.05, 0.1) is 12.5 Å². The lowest BCUT2D eigenvalue weighted by Crippen LogP contribution is -2.57. The number of rotatable bonds is 15. The Morgan fingerprint density at radius 3 is 1.94 bits per heavy atom. The fraction of sp³-hybridized carbons (Fsp3) is 0.500. The summed E-state index contributed by atoms with van der Waals surface area (Å²) in [4.78, 5) is 60.6. The van der Waals surface area contributed by atoms with Gasteiger partial charge in [0.25, 0.3) is 0 Å². The molecule has 4 atom stereocenters. The zero-order chi connectivity index (χ0) is 25.7. The van der Waals surface area contributed by atoms with Crippen molar-refractivity contribution in [2.24, 2.45) is 11.5 Å². The first-order valence-corrected chi connectivity index (χ1v) is 10.9. The average Bonchev–Trinajstić information content (AvgIpc) is 2.77. The molecule has 0 bridgehead atoms. The second-order valence-corrected chi connectivity index (χ2v) is 7.88. The van der Waals surface area contributed by atoms with Crippen LogP contribution in [-0.2, 0) is 30.4 Å². The van der Waals surface area contributed by atoms with Crippen LogP contribution in [0, 0.1) is 0 Å². The molecule has 0 saturated heterocycles. The van der Waals surface area contributed by atoms with Crippen LogP contribution in [0.3, 0.4) is 0 Å². The topological polar surface area (TPSA) is 214 Å². The number of benzene rings is 1. The molecular weight excluding hydrogens is 446 g/mol. The molecular formula is C22H33N5O7. The maximum atomic E-state index is 13.0. The van der Waals surface area contributed by atoms with Crippen LogP contribution < -0.4 is 27.4 Å². The number of hydrogen-bond donors (Lipinski definition) is 7. The summed E-state index contributed by atoms with van der Waals surface area (Å²) in [5.74, 6) is -5.06. The van der Waals surface area contributed by atoms with Crippen molar-refractivity contribution in [1.82, 2.24) is 16.0 Å². The third-order valence-electron chi connectivity index (χ3n) is 4.90. The van der Waals surface area contributed by atoms with Crippen LogP contribution in [-0.4, -0.2) is 70.6 Å². The number of unbranched alkanes of at least 4 members (excludes halogenated alkanes) is 1. The number of carboxylic acid groups (broad SMARTS) is 2. The largest absolute Gasteiger partial charge is 0.481 e. The Balaban J connectivity index is 3.02. The van der Waals surface area contributed by atoms with E-state index in [0.29, 0.717) is 24.9 Å². The fourth-order valence-electron chi connectivity index (χ4n) is 3.04. The van der Waals surface area contributed by atoms with E-state index in [2.05, 4.69) is 16.0 Å². The summed E-state index contributed by atoms with van der Waals surface area (Å²) >= 11 is 0. The van der Waals surface area contributed by atoms with Crippen molar-refractivity contribution < 1.29 is 34.2 Å². The number of carbonyl (C=O) groups excluding carboxylic acids is 3. The SMILES string of the molecule is CC(N)C(=O)NC(Cc1ccccc1)C(=O)NC(CC(=O)O)C(=O)NC(CCCCN)C(=O)O. The molecule has 0 radical (unpaired) electrons. The van der Waals surface area contributed by atoms with Crippen LogP contribution in [0.1, 0.15) is 38.2 Å². The predicted octanol–water partition coefficient (Wildman–Crippen LogP) is -1.28. The van der Waals surface area contributed by atoms with Crippen molar-refractivity contribution in [3.8, 4) is 0 Å². The van der Waals surface area contributed by atoms with Crippen LogP contribution in [0.15, 0.2) is 30.3 Å². The lowest BCUT2D eigenvalue weighted by Gasteiger charge is -2.24. The molecule has 1 aromatic carbocycles. The summed E-state index contributed by atoms with van der Waals surface area (Å²) in [6.07, 6.45) is 0.351. The van der Waals surface area contributed by atoms with Crippen molar-refractivity contribution in [3.63, 3.8) is 0 Å². The minimum Gasteiger partial charge on any atom is -0.481 e. The highest BCUT2D eigenvalue weighted by Gasteiger charge is 2.31. The number of carboxylic acids is 2. The molecule has 4 unspecified atom stereocenters. The van der Waals surface area contributed by atoms with Gasteiger partial charge in [-0.15, -0.1) is 0 Å². The molecule has 188 valence electrons. The molecule has 0 fully saturated rings. The Labute approximate surface area is 197 Å². The molecule has 9 N–H and O–H groups in total. The molecule has 1 rings (SSSR count). The van der Waals surface area contributed by atoms with Crippen molar-refractivity contribution in [2.75, 3.05) is 6.54 Å². The Morgan fingerprint density at radius 2 is 1.41 bits per heavy atom. The molecule has 12 heteroatoms. The maximum Gasteiger partial charge on any atom is 0.326 e. The van der Waals surface area contributed by atoms with E-state index < -0.39 is 60.2 Å². The zero-order valence-corrected chi connectivity index (χ0v) is 19.0. The Bertz CT molecular complexity index is 847. The molecule has 0 aliphatic carbocycles. The summed E-state index contributed by atoms with van der Waals surface area (Å²) < 4.78 is 0. The first-order valence-electron chi connectivity index (χ1n) is 10.9. The summed E-state index contributed by atoms with van der Waals surface area (Å²) in [6, 6.07) is 3.84. The zero-order valence-electron chi connectivity index (χ0n) is 19.0. The maximum absolute atomic E-state index is 13.0. The first kappa shape index (κ1) is 28.5. The molecule has 34 heavy (non-hydrogen) atoms. The second kappa shape index (κ2) is 14.6. The van der Waals surface area contributed by atoms with E-state index in [-0.39, 0.29) is 12.8 Å². The van der Waals surface area contributed by atoms with E-state index in [1.54, 1.807) is 30.3 Å². The molecule has 0 aromatic heterocycles. The van der Waals surface area contributed by atoms with E-state index >= 15 is 0 Å². The van der Waals surface area contributed by atoms with E-state index in [1.165, 1.54) is 6.92 Å². The van der Waals surface area contributed by atoms with E-state index in [1.807, 2.05) is 0 Å². The molecule has 1 aromatic rings. The highest BCUT2D eigenvalue weighted by Crippen LogP contribution is 2.06. The van der Waals surface area contributed by atoms with Gasteiger partial charge >= 0.3 is 11.9 Å². The van der Waals surface area contributed by atoms with Gasteiger partial charge in [-0.05, 0) is 38.3 Å². The number of carbonyl (C=O) groups is 5. The summed E-state index contributed by atoms with van der Waals surface area (Å²) in [7, 11) is 0.